The summed E-state index contributed by atoms with van der Waals surface area (Å²) in [5, 5.41) is 0. The molecule has 0 aromatic carbocycles. The molecule has 0 bridgehead atoms. The van der Waals surface area contributed by atoms with Gasteiger partial charge in [0.05, 0.1) is 11.3 Å². The number of fused-ring (bicyclic) bond motifs is 2. The van der Waals surface area contributed by atoms with Gasteiger partial charge in [0.2, 0.25) is 0 Å². The number of nitrogens with one attached hydrogen (secondary N) is 1. The van der Waals surface area contributed by atoms with Gasteiger partial charge in [-0.15, -0.1) is 0 Å². The van der Waals surface area contributed by atoms with Crippen molar-refractivity contribution in [3.05, 3.63) is 51.3 Å². The van der Waals surface area contributed by atoms with Crippen LogP contribution in [0.3, 0.4) is 0 Å². The summed E-state index contributed by atoms with van der Waals surface area (Å²) in [6, 6.07) is 3.65. The van der Waals surface area contributed by atoms with Gasteiger partial charge in [0.1, 0.15) is 11.6 Å². The molecular formula is C23H31N5O2. The number of aromatic nitrogens is 3. The maximum atomic E-state index is 13.4. The second kappa shape index (κ2) is 7.22. The number of anilines is 1. The van der Waals surface area contributed by atoms with Gasteiger partial charge in [0.25, 0.3) is 11.5 Å². The molecule has 1 saturated heterocycles. The van der Waals surface area contributed by atoms with E-state index in [1.807, 2.05) is 36.0 Å². The summed E-state index contributed by atoms with van der Waals surface area (Å²) in [5.74, 6) is 1.40. The molecule has 2 aromatic rings. The van der Waals surface area contributed by atoms with Crippen LogP contribution in [-0.2, 0) is 17.3 Å². The van der Waals surface area contributed by atoms with E-state index in [4.69, 9.17) is 4.98 Å². The van der Waals surface area contributed by atoms with E-state index in [0.717, 1.165) is 42.8 Å². The van der Waals surface area contributed by atoms with Crippen LogP contribution in [0.2, 0.25) is 0 Å². The lowest BCUT2D eigenvalue weighted by atomic mass is 9.77. The molecule has 1 aliphatic heterocycles. The van der Waals surface area contributed by atoms with Crippen molar-refractivity contribution >= 4 is 11.7 Å². The van der Waals surface area contributed by atoms with Crippen LogP contribution in [0.1, 0.15) is 67.5 Å². The molecule has 7 heteroatoms. The van der Waals surface area contributed by atoms with Crippen molar-refractivity contribution in [3.63, 3.8) is 0 Å². The molecule has 160 valence electrons. The van der Waals surface area contributed by atoms with E-state index in [1.165, 1.54) is 0 Å². The van der Waals surface area contributed by atoms with Gasteiger partial charge in [-0.1, -0.05) is 20.8 Å². The summed E-state index contributed by atoms with van der Waals surface area (Å²) in [6.45, 7) is 7.48. The van der Waals surface area contributed by atoms with Crippen LogP contribution in [0.15, 0.2) is 23.1 Å². The fourth-order valence-corrected chi connectivity index (χ4v) is 4.80. The zero-order valence-corrected chi connectivity index (χ0v) is 18.6. The number of nitrogens with zero attached hydrogens (tertiary/aromatic N) is 4. The third-order valence-electron chi connectivity index (χ3n) is 6.39. The Balaban J connectivity index is 1.71. The molecule has 3 heterocycles. The van der Waals surface area contributed by atoms with Crippen LogP contribution in [0.25, 0.3) is 0 Å². The number of hydrogen-bond donors (Lipinski definition) is 1. The summed E-state index contributed by atoms with van der Waals surface area (Å²) in [6.07, 6.45) is 5.16. The molecule has 1 aliphatic carbocycles. The van der Waals surface area contributed by atoms with Crippen LogP contribution in [-0.4, -0.2) is 52.9 Å². The second-order valence-corrected chi connectivity index (χ2v) is 9.87. The van der Waals surface area contributed by atoms with Gasteiger partial charge in [-0.25, -0.2) is 9.97 Å². The Hall–Kier alpha value is -2.70. The number of rotatable bonds is 2. The Morgan fingerprint density at radius 1 is 1.27 bits per heavy atom. The average molecular weight is 410 g/mol. The SMILES string of the molecule is CN(C)c1ncccc1C(=O)N1CCCC2(CCc3c2nc(C(C)(C)C)[nH]c3=O)C1. The van der Waals surface area contributed by atoms with E-state index in [-0.39, 0.29) is 22.3 Å². The van der Waals surface area contributed by atoms with Crippen molar-refractivity contribution in [3.8, 4) is 0 Å². The quantitative estimate of drug-likeness (QED) is 0.825. The molecule has 1 fully saturated rings. The minimum atomic E-state index is -0.238. The number of carbonyl (C=O) groups excluding carboxylic acids is 1. The number of H-pyrrole nitrogens is 1. The van der Waals surface area contributed by atoms with E-state index in [0.29, 0.717) is 24.5 Å². The van der Waals surface area contributed by atoms with Crippen LogP contribution in [0.5, 0.6) is 0 Å². The topological polar surface area (TPSA) is 82.2 Å². The normalized spacial score (nSPS) is 21.0. The fourth-order valence-electron chi connectivity index (χ4n) is 4.80. The molecular weight excluding hydrogens is 378 g/mol. The molecule has 30 heavy (non-hydrogen) atoms. The Morgan fingerprint density at radius 2 is 2.03 bits per heavy atom. The van der Waals surface area contributed by atoms with Crippen LogP contribution < -0.4 is 10.5 Å². The second-order valence-electron chi connectivity index (χ2n) is 9.87. The molecule has 2 aliphatic rings. The number of pyridine rings is 1. The predicted molar refractivity (Wildman–Crippen MR) is 117 cm³/mol. The Morgan fingerprint density at radius 3 is 2.73 bits per heavy atom. The minimum Gasteiger partial charge on any atom is -0.362 e. The van der Waals surface area contributed by atoms with Crippen molar-refractivity contribution in [1.82, 2.24) is 19.9 Å². The van der Waals surface area contributed by atoms with Gasteiger partial charge in [0, 0.05) is 49.8 Å². The van der Waals surface area contributed by atoms with Crippen molar-refractivity contribution < 1.29 is 4.79 Å². The lowest BCUT2D eigenvalue weighted by Gasteiger charge is -2.41. The minimum absolute atomic E-state index is 0.000195. The zero-order chi connectivity index (χ0) is 21.7. The van der Waals surface area contributed by atoms with Crippen molar-refractivity contribution in [1.29, 1.82) is 0 Å². The maximum Gasteiger partial charge on any atom is 0.257 e. The lowest BCUT2D eigenvalue weighted by molar-refractivity contribution is 0.0633. The molecule has 7 nitrogen and oxygen atoms in total. The van der Waals surface area contributed by atoms with E-state index in [1.54, 1.807) is 6.20 Å². The first-order chi connectivity index (χ1) is 14.1. The zero-order valence-electron chi connectivity index (χ0n) is 18.6. The van der Waals surface area contributed by atoms with E-state index < -0.39 is 0 Å². The fraction of sp³-hybridized carbons (Fsp3) is 0.565. The lowest BCUT2D eigenvalue weighted by Crippen LogP contribution is -2.48. The molecule has 1 amide bonds. The van der Waals surface area contributed by atoms with E-state index in [2.05, 4.69) is 30.7 Å². The van der Waals surface area contributed by atoms with Crippen LogP contribution in [0.4, 0.5) is 5.82 Å². The summed E-state index contributed by atoms with van der Waals surface area (Å²) >= 11 is 0. The summed E-state index contributed by atoms with van der Waals surface area (Å²) in [4.78, 5) is 42.4. The maximum absolute atomic E-state index is 13.4. The van der Waals surface area contributed by atoms with Crippen molar-refractivity contribution in [2.45, 2.75) is 57.3 Å². The van der Waals surface area contributed by atoms with Gasteiger partial charge in [0.15, 0.2) is 0 Å². The standard InChI is InChI=1S/C23H31N5O2/c1-22(2,3)21-25-17-15(19(29)26-21)9-11-23(17)10-7-13-28(14-23)20(30)16-8-6-12-24-18(16)27(4)5/h6,8,12H,7,9-11,13-14H2,1-5H3,(H,25,26,29). The molecule has 0 saturated carbocycles. The average Bonchev–Trinajstić information content (AvgIpc) is 3.05. The van der Waals surface area contributed by atoms with Gasteiger partial charge in [-0.3, -0.25) is 9.59 Å². The third kappa shape index (κ3) is 3.40. The Bertz CT molecular complexity index is 1040. The molecule has 1 N–H and O–H groups in total. The molecule has 4 rings (SSSR count). The van der Waals surface area contributed by atoms with Crippen molar-refractivity contribution in [2.75, 3.05) is 32.1 Å². The van der Waals surface area contributed by atoms with Crippen molar-refractivity contribution in [2.24, 2.45) is 0 Å². The molecule has 2 aromatic heterocycles. The monoisotopic (exact) mass is 409 g/mol. The molecule has 1 atom stereocenters. The van der Waals surface area contributed by atoms with E-state index in [9.17, 15) is 9.59 Å². The Kier molecular flexibility index (Phi) is 4.95. The molecule has 1 spiro atoms. The molecule has 0 radical (unpaired) electrons. The summed E-state index contributed by atoms with van der Waals surface area (Å²) in [7, 11) is 3.79. The number of carbonyl (C=O) groups is 1. The van der Waals surface area contributed by atoms with E-state index >= 15 is 0 Å². The number of likely N-dealkylation sites (tertiary alicyclic amines) is 1. The van der Waals surface area contributed by atoms with Gasteiger partial charge in [-0.2, -0.15) is 0 Å². The first-order valence-electron chi connectivity index (χ1n) is 10.7. The number of hydrogen-bond acceptors (Lipinski definition) is 5. The highest BCUT2D eigenvalue weighted by Crippen LogP contribution is 2.43. The Labute approximate surface area is 177 Å². The molecule has 1 unspecified atom stereocenters. The smallest absolute Gasteiger partial charge is 0.257 e. The largest absolute Gasteiger partial charge is 0.362 e. The first kappa shape index (κ1) is 20.6. The number of piperidine rings is 1. The first-order valence-corrected chi connectivity index (χ1v) is 10.7. The summed E-state index contributed by atoms with van der Waals surface area (Å²) in [5.41, 5.74) is 1.83. The number of aromatic amines is 1. The van der Waals surface area contributed by atoms with Crippen LogP contribution >= 0.6 is 0 Å². The highest BCUT2D eigenvalue weighted by Gasteiger charge is 2.46. The number of amides is 1. The van der Waals surface area contributed by atoms with Gasteiger partial charge < -0.3 is 14.8 Å². The summed E-state index contributed by atoms with van der Waals surface area (Å²) < 4.78 is 0. The van der Waals surface area contributed by atoms with Gasteiger partial charge >= 0.3 is 0 Å². The highest BCUT2D eigenvalue weighted by molar-refractivity contribution is 5.99. The highest BCUT2D eigenvalue weighted by atomic mass is 16.2. The van der Waals surface area contributed by atoms with Crippen LogP contribution in [0, 0.1) is 0 Å². The van der Waals surface area contributed by atoms with Gasteiger partial charge in [-0.05, 0) is 37.8 Å². The predicted octanol–water partition coefficient (Wildman–Crippen LogP) is 2.65. The third-order valence-corrected chi connectivity index (χ3v) is 6.39.